The van der Waals surface area contributed by atoms with Gasteiger partial charge >= 0.3 is 0 Å². The van der Waals surface area contributed by atoms with E-state index in [1.807, 2.05) is 6.92 Å². The van der Waals surface area contributed by atoms with E-state index in [2.05, 4.69) is 5.32 Å². The average Bonchev–Trinajstić information content (AvgIpc) is 2.36. The molecular weight excluding hydrogens is 234 g/mol. The zero-order chi connectivity index (χ0) is 13.5. The molecule has 0 heterocycles. The van der Waals surface area contributed by atoms with Crippen LogP contribution in [0.5, 0.6) is 0 Å². The van der Waals surface area contributed by atoms with Crippen LogP contribution in [0.3, 0.4) is 0 Å². The SMILES string of the molecule is CCCC(N)C(=O)NCc1ccc([N+](=O)[O-])cc1. The summed E-state index contributed by atoms with van der Waals surface area (Å²) in [6.07, 6.45) is 1.50. The van der Waals surface area contributed by atoms with Crippen molar-refractivity contribution in [2.45, 2.75) is 32.4 Å². The van der Waals surface area contributed by atoms with Crippen molar-refractivity contribution in [2.75, 3.05) is 0 Å². The maximum absolute atomic E-state index is 11.5. The lowest BCUT2D eigenvalue weighted by molar-refractivity contribution is -0.384. The standard InChI is InChI=1S/C12H17N3O3/c1-2-3-11(13)12(16)14-8-9-4-6-10(7-5-9)15(17)18/h4-7,11H,2-3,8,13H2,1H3,(H,14,16). The maximum Gasteiger partial charge on any atom is 0.269 e. The average molecular weight is 251 g/mol. The van der Waals surface area contributed by atoms with E-state index < -0.39 is 11.0 Å². The number of benzene rings is 1. The van der Waals surface area contributed by atoms with E-state index in [1.165, 1.54) is 12.1 Å². The third-order valence-electron chi connectivity index (χ3n) is 2.55. The van der Waals surface area contributed by atoms with Crippen LogP contribution in [-0.2, 0) is 11.3 Å². The predicted molar refractivity (Wildman–Crippen MR) is 67.8 cm³/mol. The van der Waals surface area contributed by atoms with Gasteiger partial charge < -0.3 is 11.1 Å². The van der Waals surface area contributed by atoms with Crippen molar-refractivity contribution >= 4 is 11.6 Å². The second kappa shape index (κ2) is 6.70. The first-order valence-corrected chi connectivity index (χ1v) is 5.81. The van der Waals surface area contributed by atoms with Crippen LogP contribution in [0.2, 0.25) is 0 Å². The van der Waals surface area contributed by atoms with Crippen LogP contribution in [-0.4, -0.2) is 16.9 Å². The summed E-state index contributed by atoms with van der Waals surface area (Å²) in [7, 11) is 0. The number of rotatable bonds is 6. The molecule has 0 saturated heterocycles. The molecule has 98 valence electrons. The zero-order valence-electron chi connectivity index (χ0n) is 10.3. The van der Waals surface area contributed by atoms with Gasteiger partial charge in [-0.3, -0.25) is 14.9 Å². The summed E-state index contributed by atoms with van der Waals surface area (Å²) in [6, 6.07) is 5.56. The molecule has 0 aromatic heterocycles. The molecule has 1 rings (SSSR count). The largest absolute Gasteiger partial charge is 0.351 e. The number of nitro benzene ring substituents is 1. The Morgan fingerprint density at radius 2 is 2.06 bits per heavy atom. The lowest BCUT2D eigenvalue weighted by atomic mass is 10.1. The third-order valence-corrected chi connectivity index (χ3v) is 2.55. The maximum atomic E-state index is 11.5. The van der Waals surface area contributed by atoms with Crippen molar-refractivity contribution in [2.24, 2.45) is 5.73 Å². The molecule has 1 amide bonds. The van der Waals surface area contributed by atoms with Crippen molar-refractivity contribution in [1.29, 1.82) is 0 Å². The number of hydrogen-bond acceptors (Lipinski definition) is 4. The summed E-state index contributed by atoms with van der Waals surface area (Å²) in [4.78, 5) is 21.5. The van der Waals surface area contributed by atoms with Crippen LogP contribution >= 0.6 is 0 Å². The monoisotopic (exact) mass is 251 g/mol. The molecular formula is C12H17N3O3. The van der Waals surface area contributed by atoms with Crippen LogP contribution in [0.25, 0.3) is 0 Å². The van der Waals surface area contributed by atoms with Crippen LogP contribution in [0.15, 0.2) is 24.3 Å². The molecule has 6 nitrogen and oxygen atoms in total. The van der Waals surface area contributed by atoms with Crippen LogP contribution < -0.4 is 11.1 Å². The first-order chi connectivity index (χ1) is 8.54. The van der Waals surface area contributed by atoms with Gasteiger partial charge in [0.05, 0.1) is 11.0 Å². The second-order valence-corrected chi connectivity index (χ2v) is 4.04. The molecule has 0 fully saturated rings. The Hall–Kier alpha value is -1.95. The fraction of sp³-hybridized carbons (Fsp3) is 0.417. The van der Waals surface area contributed by atoms with Gasteiger partial charge in [-0.15, -0.1) is 0 Å². The van der Waals surface area contributed by atoms with Gasteiger partial charge in [0.15, 0.2) is 0 Å². The number of carbonyl (C=O) groups is 1. The highest BCUT2D eigenvalue weighted by atomic mass is 16.6. The number of nitrogens with one attached hydrogen (secondary N) is 1. The minimum absolute atomic E-state index is 0.0350. The molecule has 1 aromatic rings. The summed E-state index contributed by atoms with van der Waals surface area (Å²) in [5, 5.41) is 13.2. The van der Waals surface area contributed by atoms with E-state index in [1.54, 1.807) is 12.1 Å². The fourth-order valence-electron chi connectivity index (χ4n) is 1.50. The number of hydrogen-bond donors (Lipinski definition) is 2. The summed E-state index contributed by atoms with van der Waals surface area (Å²) < 4.78 is 0. The van der Waals surface area contributed by atoms with E-state index in [0.717, 1.165) is 12.0 Å². The smallest absolute Gasteiger partial charge is 0.269 e. The summed E-state index contributed by atoms with van der Waals surface area (Å²) >= 11 is 0. The number of amides is 1. The molecule has 0 aliphatic heterocycles. The zero-order valence-corrected chi connectivity index (χ0v) is 10.3. The lowest BCUT2D eigenvalue weighted by Gasteiger charge is -2.10. The summed E-state index contributed by atoms with van der Waals surface area (Å²) in [5.74, 6) is -0.199. The molecule has 1 atom stereocenters. The molecule has 1 unspecified atom stereocenters. The molecule has 0 spiro atoms. The van der Waals surface area contributed by atoms with Gasteiger partial charge in [0.1, 0.15) is 0 Å². The van der Waals surface area contributed by atoms with Gasteiger partial charge in [-0.2, -0.15) is 0 Å². The van der Waals surface area contributed by atoms with Crippen molar-refractivity contribution in [3.05, 3.63) is 39.9 Å². The Balaban J connectivity index is 2.48. The van der Waals surface area contributed by atoms with E-state index in [0.29, 0.717) is 13.0 Å². The van der Waals surface area contributed by atoms with E-state index in [-0.39, 0.29) is 11.6 Å². The van der Waals surface area contributed by atoms with Crippen LogP contribution in [0, 0.1) is 10.1 Å². The van der Waals surface area contributed by atoms with Gasteiger partial charge in [-0.05, 0) is 12.0 Å². The number of non-ortho nitro benzene ring substituents is 1. The summed E-state index contributed by atoms with van der Waals surface area (Å²) in [5.41, 5.74) is 6.49. The Morgan fingerprint density at radius 1 is 1.44 bits per heavy atom. The molecule has 0 aliphatic carbocycles. The molecule has 0 bridgehead atoms. The Bertz CT molecular complexity index is 417. The first-order valence-electron chi connectivity index (χ1n) is 5.81. The highest BCUT2D eigenvalue weighted by Crippen LogP contribution is 2.11. The molecule has 0 aliphatic rings. The molecule has 0 saturated carbocycles. The minimum Gasteiger partial charge on any atom is -0.351 e. The van der Waals surface area contributed by atoms with Gasteiger partial charge in [0.2, 0.25) is 5.91 Å². The summed E-state index contributed by atoms with van der Waals surface area (Å²) in [6.45, 7) is 2.29. The molecule has 18 heavy (non-hydrogen) atoms. The number of carbonyl (C=O) groups excluding carboxylic acids is 1. The van der Waals surface area contributed by atoms with Crippen LogP contribution in [0.1, 0.15) is 25.3 Å². The fourth-order valence-corrected chi connectivity index (χ4v) is 1.50. The minimum atomic E-state index is -0.493. The van der Waals surface area contributed by atoms with Crippen molar-refractivity contribution < 1.29 is 9.72 Å². The quantitative estimate of drug-likeness (QED) is 0.588. The molecule has 1 aromatic carbocycles. The Kier molecular flexibility index (Phi) is 5.26. The topological polar surface area (TPSA) is 98.3 Å². The van der Waals surface area contributed by atoms with E-state index in [9.17, 15) is 14.9 Å². The number of nitrogens with two attached hydrogens (primary N) is 1. The van der Waals surface area contributed by atoms with Crippen molar-refractivity contribution in [1.82, 2.24) is 5.32 Å². The van der Waals surface area contributed by atoms with Crippen LogP contribution in [0.4, 0.5) is 5.69 Å². The molecule has 3 N–H and O–H groups in total. The molecule has 6 heteroatoms. The van der Waals surface area contributed by atoms with Gasteiger partial charge in [-0.1, -0.05) is 25.5 Å². The Labute approximate surface area is 105 Å². The van der Waals surface area contributed by atoms with Gasteiger partial charge in [0.25, 0.3) is 5.69 Å². The number of nitrogens with zero attached hydrogens (tertiary/aromatic N) is 1. The Morgan fingerprint density at radius 3 is 2.56 bits per heavy atom. The van der Waals surface area contributed by atoms with E-state index in [4.69, 9.17) is 5.73 Å². The van der Waals surface area contributed by atoms with Gasteiger partial charge in [-0.25, -0.2) is 0 Å². The van der Waals surface area contributed by atoms with Crippen molar-refractivity contribution in [3.8, 4) is 0 Å². The van der Waals surface area contributed by atoms with Crippen molar-refractivity contribution in [3.63, 3.8) is 0 Å². The lowest BCUT2D eigenvalue weighted by Crippen LogP contribution is -2.40. The highest BCUT2D eigenvalue weighted by molar-refractivity contribution is 5.81. The third kappa shape index (κ3) is 4.14. The molecule has 0 radical (unpaired) electrons. The predicted octanol–water partition coefficient (Wildman–Crippen LogP) is 1.34. The second-order valence-electron chi connectivity index (χ2n) is 4.04. The normalized spacial score (nSPS) is 11.9. The first kappa shape index (κ1) is 14.1. The van der Waals surface area contributed by atoms with Gasteiger partial charge in [0, 0.05) is 18.7 Å². The highest BCUT2D eigenvalue weighted by Gasteiger charge is 2.11. The number of nitro groups is 1. The van der Waals surface area contributed by atoms with E-state index >= 15 is 0 Å².